The summed E-state index contributed by atoms with van der Waals surface area (Å²) < 4.78 is 13.7. The second-order valence-corrected chi connectivity index (χ2v) is 5.52. The quantitative estimate of drug-likeness (QED) is 0.850. The number of ether oxygens (including phenoxy) is 2. The Morgan fingerprint density at radius 3 is 2.90 bits per heavy atom. The molecule has 1 aliphatic rings. The standard InChI is InChI=1S/C14H16BrN3O2/c1-18-11(3-5-17-18)2-4-16-8-10-6-13-14(7-12(10)15)20-9-19-13/h3,5-7,16H,2,4,8-9H2,1H3. The number of nitrogens with zero attached hydrogens (tertiary/aromatic N) is 2. The number of rotatable bonds is 5. The van der Waals surface area contributed by atoms with E-state index in [-0.39, 0.29) is 0 Å². The van der Waals surface area contributed by atoms with Gasteiger partial charge in [0.25, 0.3) is 0 Å². The normalized spacial score (nSPS) is 12.9. The number of halogens is 1. The maximum absolute atomic E-state index is 5.39. The van der Waals surface area contributed by atoms with Crippen LogP contribution in [0.2, 0.25) is 0 Å². The average Bonchev–Trinajstić information content (AvgIpc) is 3.03. The minimum absolute atomic E-state index is 0.305. The molecule has 20 heavy (non-hydrogen) atoms. The number of aromatic nitrogens is 2. The molecule has 3 rings (SSSR count). The molecule has 0 amide bonds. The fraction of sp³-hybridized carbons (Fsp3) is 0.357. The molecule has 0 aliphatic carbocycles. The van der Waals surface area contributed by atoms with Gasteiger partial charge in [-0.1, -0.05) is 15.9 Å². The summed E-state index contributed by atoms with van der Waals surface area (Å²) in [6.07, 6.45) is 2.78. The molecule has 106 valence electrons. The summed E-state index contributed by atoms with van der Waals surface area (Å²) in [7, 11) is 1.96. The summed E-state index contributed by atoms with van der Waals surface area (Å²) in [6.45, 7) is 1.99. The molecule has 1 N–H and O–H groups in total. The van der Waals surface area contributed by atoms with Crippen LogP contribution >= 0.6 is 15.9 Å². The molecular weight excluding hydrogens is 322 g/mol. The van der Waals surface area contributed by atoms with Crippen LogP contribution in [0.1, 0.15) is 11.3 Å². The summed E-state index contributed by atoms with van der Waals surface area (Å²) >= 11 is 3.56. The average molecular weight is 338 g/mol. The minimum Gasteiger partial charge on any atom is -0.454 e. The smallest absolute Gasteiger partial charge is 0.231 e. The summed E-state index contributed by atoms with van der Waals surface area (Å²) in [4.78, 5) is 0. The van der Waals surface area contributed by atoms with Crippen molar-refractivity contribution in [2.24, 2.45) is 7.05 Å². The molecule has 0 fully saturated rings. The second kappa shape index (κ2) is 5.85. The zero-order valence-corrected chi connectivity index (χ0v) is 12.8. The number of benzene rings is 1. The lowest BCUT2D eigenvalue weighted by molar-refractivity contribution is 0.174. The largest absolute Gasteiger partial charge is 0.454 e. The van der Waals surface area contributed by atoms with Crippen LogP contribution in [0, 0.1) is 0 Å². The summed E-state index contributed by atoms with van der Waals surface area (Å²) in [5, 5.41) is 7.59. The molecule has 0 bridgehead atoms. The highest BCUT2D eigenvalue weighted by atomic mass is 79.9. The Morgan fingerprint density at radius 2 is 2.15 bits per heavy atom. The number of nitrogens with one attached hydrogen (secondary N) is 1. The van der Waals surface area contributed by atoms with Gasteiger partial charge in [0.05, 0.1) is 0 Å². The van der Waals surface area contributed by atoms with Crippen LogP contribution in [-0.4, -0.2) is 23.1 Å². The van der Waals surface area contributed by atoms with E-state index in [1.54, 1.807) is 0 Å². The van der Waals surface area contributed by atoms with Crippen molar-refractivity contribution in [3.05, 3.63) is 40.1 Å². The highest BCUT2D eigenvalue weighted by Crippen LogP contribution is 2.36. The highest BCUT2D eigenvalue weighted by molar-refractivity contribution is 9.10. The van der Waals surface area contributed by atoms with Crippen LogP contribution in [0.4, 0.5) is 0 Å². The fourth-order valence-electron chi connectivity index (χ4n) is 2.18. The summed E-state index contributed by atoms with van der Waals surface area (Å²) in [6, 6.07) is 6.02. The van der Waals surface area contributed by atoms with Crippen molar-refractivity contribution in [3.8, 4) is 11.5 Å². The SMILES string of the molecule is Cn1nccc1CCNCc1cc2c(cc1Br)OCO2. The van der Waals surface area contributed by atoms with Gasteiger partial charge in [-0.3, -0.25) is 4.68 Å². The van der Waals surface area contributed by atoms with E-state index >= 15 is 0 Å². The van der Waals surface area contributed by atoms with Crippen molar-refractivity contribution in [2.75, 3.05) is 13.3 Å². The first-order valence-electron chi connectivity index (χ1n) is 6.49. The van der Waals surface area contributed by atoms with Gasteiger partial charge >= 0.3 is 0 Å². The van der Waals surface area contributed by atoms with Crippen molar-refractivity contribution < 1.29 is 9.47 Å². The van der Waals surface area contributed by atoms with Crippen LogP contribution < -0.4 is 14.8 Å². The van der Waals surface area contributed by atoms with Gasteiger partial charge in [-0.25, -0.2) is 0 Å². The molecule has 0 unspecified atom stereocenters. The van der Waals surface area contributed by atoms with Gasteiger partial charge in [-0.2, -0.15) is 5.10 Å². The van der Waals surface area contributed by atoms with Crippen molar-refractivity contribution in [3.63, 3.8) is 0 Å². The summed E-state index contributed by atoms with van der Waals surface area (Å²) in [5.41, 5.74) is 2.39. The molecule has 0 saturated heterocycles. The van der Waals surface area contributed by atoms with Gasteiger partial charge in [0.1, 0.15) is 0 Å². The molecule has 2 aromatic rings. The van der Waals surface area contributed by atoms with Crippen molar-refractivity contribution in [1.82, 2.24) is 15.1 Å². The Morgan fingerprint density at radius 1 is 1.35 bits per heavy atom. The van der Waals surface area contributed by atoms with E-state index < -0.39 is 0 Å². The molecule has 1 aromatic heterocycles. The molecule has 5 nitrogen and oxygen atoms in total. The molecule has 6 heteroatoms. The Kier molecular flexibility index (Phi) is 3.93. The molecule has 1 aromatic carbocycles. The van der Waals surface area contributed by atoms with E-state index in [2.05, 4.69) is 26.3 Å². The molecule has 2 heterocycles. The topological polar surface area (TPSA) is 48.3 Å². The van der Waals surface area contributed by atoms with Crippen LogP contribution in [0.15, 0.2) is 28.9 Å². The summed E-state index contributed by atoms with van der Waals surface area (Å²) in [5.74, 6) is 1.62. The van der Waals surface area contributed by atoms with Crippen LogP contribution in [-0.2, 0) is 20.0 Å². The van der Waals surface area contributed by atoms with Crippen molar-refractivity contribution in [2.45, 2.75) is 13.0 Å². The van der Waals surface area contributed by atoms with Gasteiger partial charge < -0.3 is 14.8 Å². The van der Waals surface area contributed by atoms with Crippen molar-refractivity contribution >= 4 is 15.9 Å². The third kappa shape index (κ3) is 2.81. The fourth-order valence-corrected chi connectivity index (χ4v) is 2.64. The lowest BCUT2D eigenvalue weighted by Crippen LogP contribution is -2.18. The molecule has 0 atom stereocenters. The highest BCUT2D eigenvalue weighted by Gasteiger charge is 2.15. The minimum atomic E-state index is 0.305. The van der Waals surface area contributed by atoms with Gasteiger partial charge in [0.2, 0.25) is 6.79 Å². The molecule has 0 radical (unpaired) electrons. The molecule has 0 saturated carbocycles. The van der Waals surface area contributed by atoms with Crippen LogP contribution in [0.3, 0.4) is 0 Å². The zero-order valence-electron chi connectivity index (χ0n) is 11.2. The first-order chi connectivity index (χ1) is 9.74. The van der Waals surface area contributed by atoms with E-state index in [9.17, 15) is 0 Å². The lowest BCUT2D eigenvalue weighted by atomic mass is 10.2. The Bertz CT molecular complexity index is 612. The maximum atomic E-state index is 5.39. The number of aryl methyl sites for hydroxylation is 1. The maximum Gasteiger partial charge on any atom is 0.231 e. The van der Waals surface area contributed by atoms with E-state index in [4.69, 9.17) is 9.47 Å². The molecule has 0 spiro atoms. The van der Waals surface area contributed by atoms with E-state index in [0.717, 1.165) is 35.5 Å². The Balaban J connectivity index is 1.55. The monoisotopic (exact) mass is 337 g/mol. The zero-order chi connectivity index (χ0) is 13.9. The van der Waals surface area contributed by atoms with Crippen molar-refractivity contribution in [1.29, 1.82) is 0 Å². The van der Waals surface area contributed by atoms with Crippen LogP contribution in [0.25, 0.3) is 0 Å². The number of hydrogen-bond acceptors (Lipinski definition) is 4. The van der Waals surface area contributed by atoms with E-state index in [1.165, 1.54) is 11.3 Å². The Labute approximate surface area is 126 Å². The number of fused-ring (bicyclic) bond motifs is 1. The third-order valence-electron chi connectivity index (χ3n) is 3.34. The first kappa shape index (κ1) is 13.5. The Hall–Kier alpha value is -1.53. The van der Waals surface area contributed by atoms with Gasteiger partial charge in [-0.05, 0) is 23.8 Å². The van der Waals surface area contributed by atoms with Gasteiger partial charge in [-0.15, -0.1) is 0 Å². The lowest BCUT2D eigenvalue weighted by Gasteiger charge is -2.08. The van der Waals surface area contributed by atoms with Gasteiger partial charge in [0, 0.05) is 42.9 Å². The third-order valence-corrected chi connectivity index (χ3v) is 4.08. The van der Waals surface area contributed by atoms with Crippen LogP contribution in [0.5, 0.6) is 11.5 Å². The number of hydrogen-bond donors (Lipinski definition) is 1. The predicted octanol–water partition coefficient (Wildman–Crippen LogP) is 2.24. The molecular formula is C14H16BrN3O2. The van der Waals surface area contributed by atoms with Gasteiger partial charge in [0.15, 0.2) is 11.5 Å². The second-order valence-electron chi connectivity index (χ2n) is 4.67. The van der Waals surface area contributed by atoms with E-state index in [1.807, 2.05) is 36.1 Å². The predicted molar refractivity (Wildman–Crippen MR) is 78.9 cm³/mol. The van der Waals surface area contributed by atoms with E-state index in [0.29, 0.717) is 6.79 Å². The first-order valence-corrected chi connectivity index (χ1v) is 7.29. The molecule has 1 aliphatic heterocycles.